The number of carbonyl (C=O) groups excluding carboxylic acids is 2. The Labute approximate surface area is 256 Å². The molecule has 222 valence electrons. The summed E-state index contributed by atoms with van der Waals surface area (Å²) < 4.78 is 24.1. The molecule has 0 bridgehead atoms. The summed E-state index contributed by atoms with van der Waals surface area (Å²) in [6.07, 6.45) is 1.50. The molecule has 2 aromatic carbocycles. The minimum atomic E-state index is -0.810. The lowest BCUT2D eigenvalue weighted by Gasteiger charge is -2.26. The first-order valence-corrected chi connectivity index (χ1v) is 14.8. The van der Waals surface area contributed by atoms with Gasteiger partial charge in [-0.1, -0.05) is 47.2 Å². The molecule has 1 aliphatic heterocycles. The maximum Gasteiger partial charge on any atom is 0.339 e. The summed E-state index contributed by atoms with van der Waals surface area (Å²) in [5.74, 6) is 0.395. The predicted octanol–water partition coefficient (Wildman–Crippen LogP) is 5.29. The number of allylic oxidation sites excluding steroid dienone is 1. The van der Waals surface area contributed by atoms with Crippen LogP contribution in [0.4, 0.5) is 0 Å². The van der Waals surface area contributed by atoms with Crippen molar-refractivity contribution in [3.63, 3.8) is 0 Å². The number of halogens is 1. The van der Waals surface area contributed by atoms with Crippen molar-refractivity contribution in [1.82, 2.24) is 4.57 Å². The van der Waals surface area contributed by atoms with Gasteiger partial charge >= 0.3 is 11.9 Å². The van der Waals surface area contributed by atoms with Gasteiger partial charge in [0, 0.05) is 17.2 Å². The van der Waals surface area contributed by atoms with Crippen molar-refractivity contribution < 1.29 is 28.2 Å². The van der Waals surface area contributed by atoms with Crippen LogP contribution < -0.4 is 19.6 Å². The number of benzene rings is 2. The van der Waals surface area contributed by atoms with E-state index in [-0.39, 0.29) is 34.4 Å². The van der Waals surface area contributed by atoms with E-state index < -0.39 is 18.0 Å². The molecule has 0 saturated carbocycles. The van der Waals surface area contributed by atoms with Gasteiger partial charge in [-0.05, 0) is 58.0 Å². The van der Waals surface area contributed by atoms with Crippen molar-refractivity contribution in [2.45, 2.75) is 39.8 Å². The number of carbonyl (C=O) groups is 2. The van der Waals surface area contributed by atoms with Gasteiger partial charge in [-0.2, -0.15) is 0 Å². The fourth-order valence-corrected chi connectivity index (χ4v) is 6.10. The van der Waals surface area contributed by atoms with E-state index in [4.69, 9.17) is 30.2 Å². The molecule has 1 aliphatic rings. The minimum absolute atomic E-state index is 0.132. The molecule has 0 spiro atoms. The smallest absolute Gasteiger partial charge is 0.339 e. The largest absolute Gasteiger partial charge is 0.491 e. The van der Waals surface area contributed by atoms with Gasteiger partial charge in [0.15, 0.2) is 4.80 Å². The van der Waals surface area contributed by atoms with Gasteiger partial charge < -0.3 is 18.6 Å². The van der Waals surface area contributed by atoms with Crippen LogP contribution >= 0.6 is 22.9 Å². The van der Waals surface area contributed by atoms with Crippen LogP contribution in [0.2, 0.25) is 5.02 Å². The van der Waals surface area contributed by atoms with Crippen molar-refractivity contribution in [2.75, 3.05) is 13.7 Å². The molecule has 0 N–H and O–H groups in total. The third-order valence-corrected chi connectivity index (χ3v) is 7.95. The minimum Gasteiger partial charge on any atom is -0.491 e. The SMILES string of the molecule is CCOC(=O)C1=C(C)N=c2s/c(=C/c3ccc(-c4ccc(C(=O)OC)c(Cl)c4)o3)c(=O)n2[C@@H]1c1ccccc1OC(C)C. The lowest BCUT2D eigenvalue weighted by Crippen LogP contribution is -2.40. The average molecular weight is 621 g/mol. The van der Waals surface area contributed by atoms with Crippen molar-refractivity contribution in [3.8, 4) is 17.1 Å². The molecule has 43 heavy (non-hydrogen) atoms. The normalized spacial score (nSPS) is 14.9. The molecule has 9 nitrogen and oxygen atoms in total. The van der Waals surface area contributed by atoms with E-state index in [2.05, 4.69) is 4.99 Å². The number of thiazole rings is 1. The quantitative estimate of drug-likeness (QED) is 0.246. The first-order chi connectivity index (χ1) is 20.6. The standard InChI is InChI=1S/C32H29ClN2O7S/c1-6-40-31(38)27-18(4)34-32-35(28(27)22-9-7-8-10-25(22)41-17(2)3)29(36)26(43-32)16-20-12-14-24(42-20)19-11-13-21(23(33)15-19)30(37)39-5/h7-17,28H,6H2,1-5H3/b26-16+/t28-/m1/s1. The van der Waals surface area contributed by atoms with Crippen molar-refractivity contribution in [3.05, 3.63) is 107 Å². The Bertz CT molecular complexity index is 1930. The van der Waals surface area contributed by atoms with Gasteiger partial charge in [0.2, 0.25) is 0 Å². The van der Waals surface area contributed by atoms with Crippen molar-refractivity contribution in [2.24, 2.45) is 4.99 Å². The fraction of sp³-hybridized carbons (Fsp3) is 0.250. The zero-order valence-corrected chi connectivity index (χ0v) is 25.7. The Morgan fingerprint density at radius 1 is 1.14 bits per heavy atom. The first kappa shape index (κ1) is 30.1. The number of nitrogens with zero attached hydrogens (tertiary/aromatic N) is 2. The summed E-state index contributed by atoms with van der Waals surface area (Å²) in [4.78, 5) is 44.2. The van der Waals surface area contributed by atoms with Crippen molar-refractivity contribution >= 4 is 41.0 Å². The molecular weight excluding hydrogens is 592 g/mol. The van der Waals surface area contributed by atoms with E-state index >= 15 is 0 Å². The molecule has 5 rings (SSSR count). The zero-order valence-electron chi connectivity index (χ0n) is 24.2. The highest BCUT2D eigenvalue weighted by atomic mass is 35.5. The second-order valence-corrected chi connectivity index (χ2v) is 11.3. The van der Waals surface area contributed by atoms with Gasteiger partial charge in [0.05, 0.1) is 46.2 Å². The Morgan fingerprint density at radius 3 is 2.60 bits per heavy atom. The molecule has 0 amide bonds. The number of methoxy groups -OCH3 is 1. The van der Waals surface area contributed by atoms with E-state index in [1.54, 1.807) is 50.3 Å². The lowest BCUT2D eigenvalue weighted by molar-refractivity contribution is -0.139. The maximum absolute atomic E-state index is 14.0. The molecule has 2 aromatic heterocycles. The van der Waals surface area contributed by atoms with E-state index in [1.165, 1.54) is 23.0 Å². The van der Waals surface area contributed by atoms with Crippen LogP contribution in [0.3, 0.4) is 0 Å². The number of hydrogen-bond acceptors (Lipinski definition) is 9. The van der Waals surface area contributed by atoms with Gasteiger partial charge in [0.25, 0.3) is 5.56 Å². The molecule has 0 saturated heterocycles. The molecule has 0 radical (unpaired) electrons. The van der Waals surface area contributed by atoms with E-state index in [9.17, 15) is 14.4 Å². The van der Waals surface area contributed by atoms with E-state index in [1.807, 2.05) is 38.1 Å². The number of esters is 2. The van der Waals surface area contributed by atoms with Crippen LogP contribution in [0.1, 0.15) is 55.4 Å². The highest BCUT2D eigenvalue weighted by molar-refractivity contribution is 7.07. The van der Waals surface area contributed by atoms with Gasteiger partial charge in [0.1, 0.15) is 23.3 Å². The van der Waals surface area contributed by atoms with Crippen LogP contribution in [0, 0.1) is 0 Å². The molecule has 1 atom stereocenters. The van der Waals surface area contributed by atoms with Crippen molar-refractivity contribution in [1.29, 1.82) is 0 Å². The van der Waals surface area contributed by atoms with Crippen LogP contribution in [-0.2, 0) is 14.3 Å². The second kappa shape index (κ2) is 12.4. The zero-order chi connectivity index (χ0) is 30.8. The van der Waals surface area contributed by atoms with Crippen LogP contribution in [0.5, 0.6) is 5.75 Å². The van der Waals surface area contributed by atoms with Crippen LogP contribution in [-0.4, -0.2) is 36.3 Å². The summed E-state index contributed by atoms with van der Waals surface area (Å²) in [5, 5.41) is 0.227. The number of rotatable bonds is 8. The number of hydrogen-bond donors (Lipinski definition) is 0. The summed E-state index contributed by atoms with van der Waals surface area (Å²) in [5.41, 5.74) is 1.93. The summed E-state index contributed by atoms with van der Waals surface area (Å²) >= 11 is 7.48. The van der Waals surface area contributed by atoms with Gasteiger partial charge in [-0.15, -0.1) is 0 Å². The van der Waals surface area contributed by atoms with E-state index in [0.717, 1.165) is 0 Å². The molecule has 4 aromatic rings. The summed E-state index contributed by atoms with van der Waals surface area (Å²) in [6, 6.07) is 14.9. The van der Waals surface area contributed by atoms with Gasteiger partial charge in [-0.25, -0.2) is 14.6 Å². The molecule has 3 heterocycles. The van der Waals surface area contributed by atoms with Crippen LogP contribution in [0.25, 0.3) is 17.4 Å². The highest BCUT2D eigenvalue weighted by Gasteiger charge is 2.35. The molecule has 0 aliphatic carbocycles. The lowest BCUT2D eigenvalue weighted by atomic mass is 9.95. The molecule has 0 unspecified atom stereocenters. The highest BCUT2D eigenvalue weighted by Crippen LogP contribution is 2.36. The monoisotopic (exact) mass is 620 g/mol. The number of ether oxygens (including phenoxy) is 3. The Balaban J connectivity index is 1.61. The topological polar surface area (TPSA) is 109 Å². The third kappa shape index (κ3) is 5.93. The summed E-state index contributed by atoms with van der Waals surface area (Å²) in [7, 11) is 1.29. The fourth-order valence-electron chi connectivity index (χ4n) is 4.81. The maximum atomic E-state index is 14.0. The van der Waals surface area contributed by atoms with Gasteiger partial charge in [-0.3, -0.25) is 9.36 Å². The number of fused-ring (bicyclic) bond motifs is 1. The second-order valence-electron chi connectivity index (χ2n) is 9.89. The summed E-state index contributed by atoms with van der Waals surface area (Å²) in [6.45, 7) is 7.46. The Hall–Kier alpha value is -4.41. The predicted molar refractivity (Wildman–Crippen MR) is 163 cm³/mol. The van der Waals surface area contributed by atoms with Crippen LogP contribution in [0.15, 0.2) is 80.1 Å². The first-order valence-electron chi connectivity index (χ1n) is 13.6. The molecular formula is C32H29ClN2O7S. The number of para-hydroxylation sites is 1. The van der Waals surface area contributed by atoms with E-state index in [0.29, 0.717) is 43.4 Å². The molecule has 11 heteroatoms. The third-order valence-electron chi connectivity index (χ3n) is 6.65. The Morgan fingerprint density at radius 2 is 1.91 bits per heavy atom. The molecule has 0 fully saturated rings. The number of aromatic nitrogens is 1. The average Bonchev–Trinajstić information content (AvgIpc) is 3.56. The Kier molecular flexibility index (Phi) is 8.70. The number of furan rings is 1.